The molecule has 34 heavy (non-hydrogen) atoms. The van der Waals surface area contributed by atoms with Crippen LogP contribution in [0.5, 0.6) is 0 Å². The van der Waals surface area contributed by atoms with E-state index in [1.165, 1.54) is 54.0 Å². The van der Waals surface area contributed by atoms with Crippen molar-refractivity contribution in [3.05, 3.63) is 113 Å². The van der Waals surface area contributed by atoms with Gasteiger partial charge in [-0.15, -0.1) is 0 Å². The molecule has 1 atom stereocenters. The molecule has 1 fully saturated rings. The Kier molecular flexibility index (Phi) is 8.70. The first kappa shape index (κ1) is 24.4. The fraction of sp³-hybridized carbons (Fsp3) is 0.355. The molecular formula is C31H39N3. The average Bonchev–Trinajstić information content (AvgIpc) is 2.88. The van der Waals surface area contributed by atoms with Crippen LogP contribution < -0.4 is 0 Å². The van der Waals surface area contributed by atoms with Crippen LogP contribution in [-0.4, -0.2) is 67.6 Å². The van der Waals surface area contributed by atoms with Gasteiger partial charge in [0.15, 0.2) is 0 Å². The number of aryl methyl sites for hydroxylation is 1. The fourth-order valence-electron chi connectivity index (χ4n) is 4.69. The van der Waals surface area contributed by atoms with E-state index in [-0.39, 0.29) is 0 Å². The zero-order chi connectivity index (χ0) is 23.8. The van der Waals surface area contributed by atoms with Gasteiger partial charge in [-0.1, -0.05) is 96.6 Å². The summed E-state index contributed by atoms with van der Waals surface area (Å²) in [6.07, 6.45) is 2.43. The largest absolute Gasteiger partial charge is 0.304 e. The summed E-state index contributed by atoms with van der Waals surface area (Å²) in [6, 6.07) is 31.0. The molecule has 1 unspecified atom stereocenters. The number of hydrogen-bond donors (Lipinski definition) is 0. The van der Waals surface area contributed by atoms with Crippen molar-refractivity contribution in [3.8, 4) is 0 Å². The molecule has 1 aliphatic rings. The third-order valence-electron chi connectivity index (χ3n) is 7.11. The molecule has 0 aliphatic carbocycles. The van der Waals surface area contributed by atoms with Gasteiger partial charge in [0, 0.05) is 51.9 Å². The van der Waals surface area contributed by atoms with Crippen molar-refractivity contribution < 1.29 is 0 Å². The van der Waals surface area contributed by atoms with Gasteiger partial charge in [-0.05, 0) is 43.2 Å². The summed E-state index contributed by atoms with van der Waals surface area (Å²) in [4.78, 5) is 7.68. The van der Waals surface area contributed by atoms with E-state index in [1.54, 1.807) is 0 Å². The molecule has 3 aromatic carbocycles. The minimum Gasteiger partial charge on any atom is -0.304 e. The summed E-state index contributed by atoms with van der Waals surface area (Å²) < 4.78 is 0. The van der Waals surface area contributed by atoms with Gasteiger partial charge < -0.3 is 4.90 Å². The molecule has 1 aliphatic heterocycles. The lowest BCUT2D eigenvalue weighted by molar-refractivity contribution is 0.127. The zero-order valence-electron chi connectivity index (χ0n) is 21.0. The minimum absolute atomic E-state index is 0.358. The Morgan fingerprint density at radius 2 is 1.38 bits per heavy atom. The van der Waals surface area contributed by atoms with Gasteiger partial charge in [0.25, 0.3) is 0 Å². The second-order valence-corrected chi connectivity index (χ2v) is 9.58. The standard InChI is InChI=1S/C31H39N3/c1-26-14-16-28(17-15-26)27(2)34(25-24-33-22-20-32(3)21-23-33)19-18-31(29-10-6-4-7-11-29)30-12-8-5-9-13-30/h4-18,27H,19-25H2,1-3H3. The quantitative estimate of drug-likeness (QED) is 0.409. The molecule has 3 aromatic rings. The maximum Gasteiger partial charge on any atom is 0.0323 e. The Bertz CT molecular complexity index is 978. The van der Waals surface area contributed by atoms with Gasteiger partial charge in [0.1, 0.15) is 0 Å². The maximum atomic E-state index is 2.63. The van der Waals surface area contributed by atoms with Crippen LogP contribution in [0.15, 0.2) is 91.0 Å². The van der Waals surface area contributed by atoms with Crippen LogP contribution >= 0.6 is 0 Å². The number of hydrogen-bond acceptors (Lipinski definition) is 3. The van der Waals surface area contributed by atoms with E-state index in [4.69, 9.17) is 0 Å². The van der Waals surface area contributed by atoms with Crippen LogP contribution in [0.1, 0.15) is 35.2 Å². The summed E-state index contributed by atoms with van der Waals surface area (Å²) in [5.74, 6) is 0. The highest BCUT2D eigenvalue weighted by molar-refractivity contribution is 5.79. The minimum atomic E-state index is 0.358. The van der Waals surface area contributed by atoms with Crippen molar-refractivity contribution in [3.63, 3.8) is 0 Å². The number of nitrogens with zero attached hydrogens (tertiary/aromatic N) is 3. The lowest BCUT2D eigenvalue weighted by Gasteiger charge is -2.35. The van der Waals surface area contributed by atoms with Gasteiger partial charge in [0.2, 0.25) is 0 Å². The molecule has 0 amide bonds. The first-order chi connectivity index (χ1) is 16.6. The van der Waals surface area contributed by atoms with Gasteiger partial charge in [-0.25, -0.2) is 0 Å². The highest BCUT2D eigenvalue weighted by Crippen LogP contribution is 2.25. The zero-order valence-corrected chi connectivity index (χ0v) is 21.0. The van der Waals surface area contributed by atoms with Crippen molar-refractivity contribution in [2.45, 2.75) is 19.9 Å². The summed E-state index contributed by atoms with van der Waals surface area (Å²) in [5.41, 5.74) is 6.56. The van der Waals surface area contributed by atoms with E-state index in [9.17, 15) is 0 Å². The normalized spacial score (nSPS) is 15.9. The van der Waals surface area contributed by atoms with Crippen molar-refractivity contribution in [1.82, 2.24) is 14.7 Å². The van der Waals surface area contributed by atoms with Crippen molar-refractivity contribution in [2.24, 2.45) is 0 Å². The summed E-state index contributed by atoms with van der Waals surface area (Å²) in [6.45, 7) is 12.3. The van der Waals surface area contributed by atoms with Crippen LogP contribution in [0.4, 0.5) is 0 Å². The van der Waals surface area contributed by atoms with E-state index in [0.29, 0.717) is 6.04 Å². The van der Waals surface area contributed by atoms with E-state index < -0.39 is 0 Å². The van der Waals surface area contributed by atoms with E-state index >= 15 is 0 Å². The summed E-state index contributed by atoms with van der Waals surface area (Å²) in [5, 5.41) is 0. The number of benzene rings is 3. The van der Waals surface area contributed by atoms with E-state index in [0.717, 1.165) is 19.6 Å². The lowest BCUT2D eigenvalue weighted by Crippen LogP contribution is -2.47. The Balaban J connectivity index is 1.57. The predicted molar refractivity (Wildman–Crippen MR) is 145 cm³/mol. The monoisotopic (exact) mass is 453 g/mol. The maximum absolute atomic E-state index is 2.63. The Labute approximate surface area is 206 Å². The van der Waals surface area contributed by atoms with Gasteiger partial charge in [-0.2, -0.15) is 0 Å². The Hall–Kier alpha value is -2.72. The van der Waals surface area contributed by atoms with Crippen LogP contribution in [0, 0.1) is 6.92 Å². The van der Waals surface area contributed by atoms with Crippen molar-refractivity contribution in [1.29, 1.82) is 0 Å². The Morgan fingerprint density at radius 1 is 0.824 bits per heavy atom. The third-order valence-corrected chi connectivity index (χ3v) is 7.11. The SMILES string of the molecule is Cc1ccc(C(C)N(CC=C(c2ccccc2)c2ccccc2)CCN2CCN(C)CC2)cc1. The Morgan fingerprint density at radius 3 is 1.94 bits per heavy atom. The summed E-state index contributed by atoms with van der Waals surface area (Å²) >= 11 is 0. The molecule has 1 heterocycles. The molecule has 1 saturated heterocycles. The molecule has 0 radical (unpaired) electrons. The number of piperazine rings is 1. The molecule has 0 bridgehead atoms. The summed E-state index contributed by atoms with van der Waals surface area (Å²) in [7, 11) is 2.22. The highest BCUT2D eigenvalue weighted by atomic mass is 15.3. The molecular weight excluding hydrogens is 414 g/mol. The van der Waals surface area contributed by atoms with Gasteiger partial charge >= 0.3 is 0 Å². The van der Waals surface area contributed by atoms with Crippen molar-refractivity contribution in [2.75, 3.05) is 52.9 Å². The van der Waals surface area contributed by atoms with Crippen LogP contribution in [0.2, 0.25) is 0 Å². The van der Waals surface area contributed by atoms with Crippen molar-refractivity contribution >= 4 is 5.57 Å². The lowest BCUT2D eigenvalue weighted by atomic mass is 9.97. The predicted octanol–water partition coefficient (Wildman–Crippen LogP) is 5.74. The molecule has 178 valence electrons. The molecule has 4 rings (SSSR count). The van der Waals surface area contributed by atoms with E-state index in [2.05, 4.69) is 127 Å². The van der Waals surface area contributed by atoms with E-state index in [1.807, 2.05) is 0 Å². The highest BCUT2D eigenvalue weighted by Gasteiger charge is 2.19. The first-order valence-corrected chi connectivity index (χ1v) is 12.6. The van der Waals surface area contributed by atoms with Gasteiger partial charge in [-0.3, -0.25) is 9.80 Å². The van der Waals surface area contributed by atoms with Gasteiger partial charge in [0.05, 0.1) is 0 Å². The molecule has 3 heteroatoms. The molecule has 0 aromatic heterocycles. The number of likely N-dealkylation sites (N-methyl/N-ethyl adjacent to an activating group) is 1. The second-order valence-electron chi connectivity index (χ2n) is 9.58. The third kappa shape index (κ3) is 6.66. The molecule has 0 N–H and O–H groups in total. The molecule has 0 spiro atoms. The smallest absolute Gasteiger partial charge is 0.0323 e. The topological polar surface area (TPSA) is 9.72 Å². The number of rotatable bonds is 9. The van der Waals surface area contributed by atoms with Crippen LogP contribution in [0.25, 0.3) is 5.57 Å². The van der Waals surface area contributed by atoms with Crippen LogP contribution in [-0.2, 0) is 0 Å². The first-order valence-electron chi connectivity index (χ1n) is 12.6. The molecule has 0 saturated carbocycles. The fourth-order valence-corrected chi connectivity index (χ4v) is 4.69. The second kappa shape index (κ2) is 12.1. The average molecular weight is 454 g/mol. The molecule has 3 nitrogen and oxygen atoms in total. The van der Waals surface area contributed by atoms with Crippen LogP contribution in [0.3, 0.4) is 0 Å².